The van der Waals surface area contributed by atoms with Gasteiger partial charge in [-0.3, -0.25) is 4.79 Å². The number of nitrogens with one attached hydrogen (secondary N) is 2. The van der Waals surface area contributed by atoms with Crippen LogP contribution in [0.4, 0.5) is 0 Å². The molecule has 2 unspecified atom stereocenters. The Morgan fingerprint density at radius 3 is 2.61 bits per heavy atom. The summed E-state index contributed by atoms with van der Waals surface area (Å²) in [5.41, 5.74) is 2.35. The van der Waals surface area contributed by atoms with E-state index in [2.05, 4.69) is 29.1 Å². The van der Waals surface area contributed by atoms with Crippen LogP contribution in [-0.4, -0.2) is 29.5 Å². The van der Waals surface area contributed by atoms with Crippen LogP contribution in [0.1, 0.15) is 62.9 Å². The average molecular weight is 384 g/mol. The lowest BCUT2D eigenvalue weighted by Gasteiger charge is -2.34. The predicted molar refractivity (Wildman–Crippen MR) is 112 cm³/mol. The largest absolute Gasteiger partial charge is 0.481 e. The van der Waals surface area contributed by atoms with Crippen molar-refractivity contribution >= 4 is 5.91 Å². The maximum absolute atomic E-state index is 12.5. The van der Waals surface area contributed by atoms with E-state index in [0.717, 1.165) is 41.8 Å². The van der Waals surface area contributed by atoms with Crippen LogP contribution in [0.15, 0.2) is 30.6 Å². The minimum Gasteiger partial charge on any atom is -0.481 e. The highest BCUT2D eigenvalue weighted by atomic mass is 16.5. The second kappa shape index (κ2) is 9.76. The number of H-pyrrole nitrogens is 1. The van der Waals surface area contributed by atoms with Crippen molar-refractivity contribution in [3.8, 4) is 17.0 Å². The molecule has 5 heteroatoms. The number of carbonyl (C=O) groups is 1. The first-order chi connectivity index (χ1) is 13.6. The number of hydrogen-bond acceptors (Lipinski definition) is 3. The number of rotatable bonds is 8. The lowest BCUT2D eigenvalue weighted by atomic mass is 9.72. The van der Waals surface area contributed by atoms with Crippen LogP contribution in [0.2, 0.25) is 0 Å². The van der Waals surface area contributed by atoms with E-state index in [4.69, 9.17) is 4.74 Å². The van der Waals surface area contributed by atoms with Gasteiger partial charge in [0.15, 0.2) is 0 Å². The summed E-state index contributed by atoms with van der Waals surface area (Å²) >= 11 is 0. The summed E-state index contributed by atoms with van der Waals surface area (Å²) in [4.78, 5) is 19.8. The third-order valence-corrected chi connectivity index (χ3v) is 6.20. The van der Waals surface area contributed by atoms with Crippen molar-refractivity contribution in [2.75, 3.05) is 13.7 Å². The van der Waals surface area contributed by atoms with E-state index in [9.17, 15) is 4.79 Å². The van der Waals surface area contributed by atoms with Crippen molar-refractivity contribution in [2.45, 2.75) is 52.4 Å². The number of methoxy groups -OCH3 is 1. The Kier molecular flexibility index (Phi) is 7.12. The Balaban J connectivity index is 1.54. The van der Waals surface area contributed by atoms with Crippen LogP contribution >= 0.6 is 0 Å². The molecule has 28 heavy (non-hydrogen) atoms. The maximum Gasteiger partial charge on any atom is 0.267 e. The Morgan fingerprint density at radius 1 is 1.21 bits per heavy atom. The topological polar surface area (TPSA) is 67.0 Å². The van der Waals surface area contributed by atoms with Gasteiger partial charge in [0.05, 0.1) is 7.11 Å². The number of pyridine rings is 1. The van der Waals surface area contributed by atoms with Gasteiger partial charge < -0.3 is 15.0 Å². The van der Waals surface area contributed by atoms with Crippen LogP contribution < -0.4 is 10.1 Å². The molecule has 2 atom stereocenters. The Labute approximate surface area is 168 Å². The first kappa shape index (κ1) is 20.4. The molecule has 0 radical (unpaired) electrons. The summed E-state index contributed by atoms with van der Waals surface area (Å²) in [6, 6.07) is 5.66. The molecule has 1 amide bonds. The Bertz CT molecular complexity index is 759. The van der Waals surface area contributed by atoms with Crippen LogP contribution in [-0.2, 0) is 0 Å². The van der Waals surface area contributed by atoms with E-state index in [1.54, 1.807) is 13.3 Å². The Morgan fingerprint density at radius 2 is 1.93 bits per heavy atom. The highest BCUT2D eigenvalue weighted by Gasteiger charge is 2.26. The van der Waals surface area contributed by atoms with Gasteiger partial charge in [0.1, 0.15) is 5.69 Å². The molecule has 2 aromatic rings. The first-order valence-electron chi connectivity index (χ1n) is 10.6. The molecule has 0 aromatic carbocycles. The summed E-state index contributed by atoms with van der Waals surface area (Å²) in [7, 11) is 1.60. The quantitative estimate of drug-likeness (QED) is 0.670. The number of nitrogens with zero attached hydrogens (tertiary/aromatic N) is 1. The average Bonchev–Trinajstić information content (AvgIpc) is 3.23. The molecule has 152 valence electrons. The third kappa shape index (κ3) is 4.94. The number of amides is 1. The molecule has 1 fully saturated rings. The number of hydrogen-bond donors (Lipinski definition) is 2. The third-order valence-electron chi connectivity index (χ3n) is 6.20. The Hall–Kier alpha value is -2.30. The van der Waals surface area contributed by atoms with Crippen molar-refractivity contribution in [3.05, 3.63) is 36.3 Å². The molecule has 1 saturated carbocycles. The van der Waals surface area contributed by atoms with Crippen LogP contribution in [0, 0.1) is 17.8 Å². The van der Waals surface area contributed by atoms with Gasteiger partial charge in [-0.25, -0.2) is 4.98 Å². The van der Waals surface area contributed by atoms with E-state index < -0.39 is 0 Å². The second-order valence-corrected chi connectivity index (χ2v) is 8.03. The standard InChI is InChI=1S/C23H33N3O2/c1-4-16-11-17(5-2)13-18(12-16)8-10-24-22(27)21-14-19(15-26-21)20-7-6-9-25-23(20)28-3/h6-7,9,14-18,26H,4-5,8,10-13H2,1-3H3,(H,24,27). The van der Waals surface area contributed by atoms with Gasteiger partial charge in [0.2, 0.25) is 5.88 Å². The molecular formula is C23H33N3O2. The molecule has 2 aromatic heterocycles. The van der Waals surface area contributed by atoms with Crippen molar-refractivity contribution < 1.29 is 9.53 Å². The summed E-state index contributed by atoms with van der Waals surface area (Å²) in [6.07, 6.45) is 11.2. The normalized spacial score (nSPS) is 22.0. The zero-order valence-corrected chi connectivity index (χ0v) is 17.3. The molecular weight excluding hydrogens is 350 g/mol. The number of aromatic amines is 1. The minimum absolute atomic E-state index is 0.0519. The van der Waals surface area contributed by atoms with E-state index in [0.29, 0.717) is 11.6 Å². The predicted octanol–water partition coefficient (Wildman–Crippen LogP) is 5.06. The fourth-order valence-electron chi connectivity index (χ4n) is 4.54. The van der Waals surface area contributed by atoms with E-state index in [1.807, 2.05) is 24.4 Å². The highest BCUT2D eigenvalue weighted by Crippen LogP contribution is 2.38. The molecule has 5 nitrogen and oxygen atoms in total. The van der Waals surface area contributed by atoms with E-state index in [-0.39, 0.29) is 5.91 Å². The summed E-state index contributed by atoms with van der Waals surface area (Å²) < 4.78 is 5.31. The maximum atomic E-state index is 12.5. The van der Waals surface area contributed by atoms with Gasteiger partial charge in [-0.15, -0.1) is 0 Å². The number of ether oxygens (including phenoxy) is 1. The van der Waals surface area contributed by atoms with E-state index in [1.165, 1.54) is 32.1 Å². The molecule has 3 rings (SSSR count). The van der Waals surface area contributed by atoms with Gasteiger partial charge in [0.25, 0.3) is 5.91 Å². The lowest BCUT2D eigenvalue weighted by Crippen LogP contribution is -2.29. The first-order valence-corrected chi connectivity index (χ1v) is 10.6. The van der Waals surface area contributed by atoms with Crippen LogP contribution in [0.5, 0.6) is 5.88 Å². The molecule has 1 aliphatic rings. The molecule has 0 bridgehead atoms. The van der Waals surface area contributed by atoms with Crippen molar-refractivity contribution in [1.82, 2.24) is 15.3 Å². The van der Waals surface area contributed by atoms with Crippen LogP contribution in [0.25, 0.3) is 11.1 Å². The highest BCUT2D eigenvalue weighted by molar-refractivity contribution is 5.94. The molecule has 2 heterocycles. The second-order valence-electron chi connectivity index (χ2n) is 8.03. The monoisotopic (exact) mass is 383 g/mol. The lowest BCUT2D eigenvalue weighted by molar-refractivity contribution is 0.0942. The van der Waals surface area contributed by atoms with Crippen molar-refractivity contribution in [3.63, 3.8) is 0 Å². The molecule has 2 N–H and O–H groups in total. The van der Waals surface area contributed by atoms with Gasteiger partial charge in [-0.05, 0) is 61.6 Å². The zero-order chi connectivity index (χ0) is 19.9. The van der Waals surface area contributed by atoms with Gasteiger partial charge >= 0.3 is 0 Å². The zero-order valence-electron chi connectivity index (χ0n) is 17.3. The molecule has 0 aliphatic heterocycles. The minimum atomic E-state index is -0.0519. The van der Waals surface area contributed by atoms with Crippen molar-refractivity contribution in [2.24, 2.45) is 17.8 Å². The number of carbonyl (C=O) groups excluding carboxylic acids is 1. The molecule has 1 aliphatic carbocycles. The SMILES string of the molecule is CCC1CC(CC)CC(CCNC(=O)c2cc(-c3cccnc3OC)c[nH]2)C1. The van der Waals surface area contributed by atoms with Gasteiger partial charge in [-0.1, -0.05) is 26.7 Å². The number of aromatic nitrogens is 2. The smallest absolute Gasteiger partial charge is 0.267 e. The summed E-state index contributed by atoms with van der Waals surface area (Å²) in [5, 5.41) is 3.09. The van der Waals surface area contributed by atoms with Gasteiger partial charge in [-0.2, -0.15) is 0 Å². The van der Waals surface area contributed by atoms with E-state index >= 15 is 0 Å². The summed E-state index contributed by atoms with van der Waals surface area (Å²) in [6.45, 7) is 5.35. The molecule has 0 spiro atoms. The van der Waals surface area contributed by atoms with Crippen LogP contribution in [0.3, 0.4) is 0 Å². The van der Waals surface area contributed by atoms with Gasteiger partial charge in [0, 0.05) is 30.1 Å². The fourth-order valence-corrected chi connectivity index (χ4v) is 4.54. The van der Waals surface area contributed by atoms with Crippen molar-refractivity contribution in [1.29, 1.82) is 0 Å². The molecule has 0 saturated heterocycles. The summed E-state index contributed by atoms with van der Waals surface area (Å²) in [5.74, 6) is 2.97. The fraction of sp³-hybridized carbons (Fsp3) is 0.565.